The zero-order valence-electron chi connectivity index (χ0n) is 19.1. The third-order valence-electron chi connectivity index (χ3n) is 6.86. The van der Waals surface area contributed by atoms with Crippen LogP contribution in [0, 0.1) is 23.7 Å². The van der Waals surface area contributed by atoms with Gasteiger partial charge in [-0.2, -0.15) is 5.10 Å². The predicted molar refractivity (Wildman–Crippen MR) is 122 cm³/mol. The summed E-state index contributed by atoms with van der Waals surface area (Å²) >= 11 is 0. The summed E-state index contributed by atoms with van der Waals surface area (Å²) in [6.07, 6.45) is 5.50. The van der Waals surface area contributed by atoms with E-state index < -0.39 is 0 Å². The summed E-state index contributed by atoms with van der Waals surface area (Å²) in [5, 5.41) is 4.18. The zero-order valence-corrected chi connectivity index (χ0v) is 19.1. The average Bonchev–Trinajstić information content (AvgIpc) is 3.48. The number of carbonyl (C=O) groups is 2. The lowest BCUT2D eigenvalue weighted by Crippen LogP contribution is -2.43. The Hall–Kier alpha value is -2.83. The largest absolute Gasteiger partial charge is 0.493 e. The van der Waals surface area contributed by atoms with Gasteiger partial charge in [-0.1, -0.05) is 32.0 Å². The molecule has 1 aromatic heterocycles. The molecule has 0 N–H and O–H groups in total. The van der Waals surface area contributed by atoms with E-state index in [4.69, 9.17) is 4.74 Å². The SMILES string of the molecule is CC(C)C(=O)N1CCC([C@@H]2CN(C(=O)Cn3cccn3)C[C@H]2COc2ccccc2)CC1. The van der Waals surface area contributed by atoms with Crippen molar-refractivity contribution in [1.29, 1.82) is 0 Å². The number of nitrogens with zero attached hydrogens (tertiary/aromatic N) is 4. The van der Waals surface area contributed by atoms with Crippen LogP contribution in [0.4, 0.5) is 0 Å². The van der Waals surface area contributed by atoms with Gasteiger partial charge in [0, 0.05) is 50.4 Å². The molecule has 0 spiro atoms. The van der Waals surface area contributed by atoms with Gasteiger partial charge in [-0.25, -0.2) is 0 Å². The van der Waals surface area contributed by atoms with Crippen LogP contribution in [0.2, 0.25) is 0 Å². The number of piperidine rings is 1. The summed E-state index contributed by atoms with van der Waals surface area (Å²) in [6.45, 7) is 7.89. The molecule has 4 rings (SSSR count). The second kappa shape index (κ2) is 10.2. The molecule has 0 bridgehead atoms. The Bertz CT molecular complexity index is 876. The first-order valence-corrected chi connectivity index (χ1v) is 11.7. The van der Waals surface area contributed by atoms with Crippen molar-refractivity contribution in [2.24, 2.45) is 23.7 Å². The first kappa shape index (κ1) is 22.4. The fourth-order valence-electron chi connectivity index (χ4n) is 5.08. The predicted octanol–water partition coefficient (Wildman–Crippen LogP) is 2.93. The topological polar surface area (TPSA) is 67.7 Å². The van der Waals surface area contributed by atoms with E-state index in [1.165, 1.54) is 0 Å². The number of aromatic nitrogens is 2. The Morgan fingerprint density at radius 1 is 1.06 bits per heavy atom. The van der Waals surface area contributed by atoms with Crippen LogP contribution in [0.15, 0.2) is 48.8 Å². The van der Waals surface area contributed by atoms with Crippen LogP contribution in [-0.4, -0.2) is 64.2 Å². The van der Waals surface area contributed by atoms with E-state index in [9.17, 15) is 9.59 Å². The second-order valence-corrected chi connectivity index (χ2v) is 9.37. The van der Waals surface area contributed by atoms with Crippen molar-refractivity contribution in [2.45, 2.75) is 33.2 Å². The molecular formula is C25H34N4O3. The molecule has 2 atom stereocenters. The molecule has 3 heterocycles. The molecule has 2 aliphatic heterocycles. The third-order valence-corrected chi connectivity index (χ3v) is 6.86. The lowest BCUT2D eigenvalue weighted by atomic mass is 9.78. The van der Waals surface area contributed by atoms with Gasteiger partial charge in [0.2, 0.25) is 11.8 Å². The van der Waals surface area contributed by atoms with Crippen LogP contribution in [0.3, 0.4) is 0 Å². The van der Waals surface area contributed by atoms with Gasteiger partial charge in [0.25, 0.3) is 0 Å². The van der Waals surface area contributed by atoms with Crippen molar-refractivity contribution in [3.8, 4) is 5.75 Å². The van der Waals surface area contributed by atoms with E-state index in [0.29, 0.717) is 25.0 Å². The van der Waals surface area contributed by atoms with Crippen molar-refractivity contribution in [3.05, 3.63) is 48.8 Å². The molecular weight excluding hydrogens is 404 g/mol. The number of amides is 2. The second-order valence-electron chi connectivity index (χ2n) is 9.37. The highest BCUT2D eigenvalue weighted by Crippen LogP contribution is 2.36. The molecule has 0 saturated carbocycles. The Labute approximate surface area is 190 Å². The normalized spacial score (nSPS) is 21.8. The van der Waals surface area contributed by atoms with Crippen molar-refractivity contribution in [3.63, 3.8) is 0 Å². The number of hydrogen-bond acceptors (Lipinski definition) is 4. The minimum absolute atomic E-state index is 0.0421. The maximum Gasteiger partial charge on any atom is 0.244 e. The van der Waals surface area contributed by atoms with Crippen LogP contribution < -0.4 is 4.74 Å². The maximum atomic E-state index is 12.9. The standard InChI is InChI=1S/C25H34N4O3/c1-19(2)25(31)27-13-9-20(10-14-27)23-16-28(24(30)17-29-12-6-11-26-29)15-21(23)18-32-22-7-4-3-5-8-22/h3-8,11-12,19-21,23H,9-10,13-18H2,1-2H3/t21-,23-/m0/s1. The van der Waals surface area contributed by atoms with E-state index >= 15 is 0 Å². The molecule has 0 unspecified atom stereocenters. The van der Waals surface area contributed by atoms with Gasteiger partial charge in [-0.3, -0.25) is 14.3 Å². The molecule has 7 heteroatoms. The Balaban J connectivity index is 1.41. The van der Waals surface area contributed by atoms with Crippen LogP contribution in [-0.2, 0) is 16.1 Å². The molecule has 0 aliphatic carbocycles. The molecule has 172 valence electrons. The van der Waals surface area contributed by atoms with Crippen molar-refractivity contribution in [1.82, 2.24) is 19.6 Å². The van der Waals surface area contributed by atoms with E-state index in [2.05, 4.69) is 5.10 Å². The van der Waals surface area contributed by atoms with Crippen LogP contribution in [0.5, 0.6) is 5.75 Å². The van der Waals surface area contributed by atoms with E-state index in [-0.39, 0.29) is 30.2 Å². The molecule has 2 aliphatic rings. The average molecular weight is 439 g/mol. The fraction of sp³-hybridized carbons (Fsp3) is 0.560. The molecule has 1 aromatic carbocycles. The van der Waals surface area contributed by atoms with Crippen molar-refractivity contribution >= 4 is 11.8 Å². The first-order chi connectivity index (χ1) is 15.5. The van der Waals surface area contributed by atoms with Crippen molar-refractivity contribution in [2.75, 3.05) is 32.8 Å². The quantitative estimate of drug-likeness (QED) is 0.667. The summed E-state index contributed by atoms with van der Waals surface area (Å²) in [4.78, 5) is 29.3. The monoisotopic (exact) mass is 438 g/mol. The van der Waals surface area contributed by atoms with E-state index in [0.717, 1.165) is 38.2 Å². The van der Waals surface area contributed by atoms with Gasteiger partial charge >= 0.3 is 0 Å². The number of benzene rings is 1. The molecule has 2 saturated heterocycles. The van der Waals surface area contributed by atoms with Gasteiger partial charge in [-0.05, 0) is 42.9 Å². The highest BCUT2D eigenvalue weighted by atomic mass is 16.5. The number of likely N-dealkylation sites (tertiary alicyclic amines) is 2. The summed E-state index contributed by atoms with van der Waals surface area (Å²) in [5.74, 6) is 2.43. The number of para-hydroxylation sites is 1. The minimum Gasteiger partial charge on any atom is -0.493 e. The highest BCUT2D eigenvalue weighted by Gasteiger charge is 2.41. The van der Waals surface area contributed by atoms with Gasteiger partial charge < -0.3 is 14.5 Å². The Morgan fingerprint density at radius 3 is 2.47 bits per heavy atom. The van der Waals surface area contributed by atoms with Crippen LogP contribution in [0.25, 0.3) is 0 Å². The highest BCUT2D eigenvalue weighted by molar-refractivity contribution is 5.78. The van der Waals surface area contributed by atoms with Gasteiger partial charge in [0.05, 0.1) is 6.61 Å². The number of hydrogen-bond donors (Lipinski definition) is 0. The lowest BCUT2D eigenvalue weighted by Gasteiger charge is -2.37. The number of rotatable bonds is 7. The first-order valence-electron chi connectivity index (χ1n) is 11.7. The van der Waals surface area contributed by atoms with Gasteiger partial charge in [0.15, 0.2) is 0 Å². The molecule has 32 heavy (non-hydrogen) atoms. The van der Waals surface area contributed by atoms with E-state index in [1.54, 1.807) is 10.9 Å². The fourth-order valence-corrected chi connectivity index (χ4v) is 5.08. The summed E-state index contributed by atoms with van der Waals surface area (Å²) in [5.41, 5.74) is 0. The third kappa shape index (κ3) is 5.31. The van der Waals surface area contributed by atoms with Crippen molar-refractivity contribution < 1.29 is 14.3 Å². The minimum atomic E-state index is 0.0421. The van der Waals surface area contributed by atoms with Crippen LogP contribution in [0.1, 0.15) is 26.7 Å². The van der Waals surface area contributed by atoms with Gasteiger partial charge in [-0.15, -0.1) is 0 Å². The molecule has 2 aromatic rings. The summed E-state index contributed by atoms with van der Waals surface area (Å²) < 4.78 is 7.80. The molecule has 2 amide bonds. The maximum absolute atomic E-state index is 12.9. The van der Waals surface area contributed by atoms with E-state index in [1.807, 2.05) is 66.2 Å². The smallest absolute Gasteiger partial charge is 0.244 e. The Morgan fingerprint density at radius 2 is 1.81 bits per heavy atom. The molecule has 0 radical (unpaired) electrons. The molecule has 7 nitrogen and oxygen atoms in total. The Kier molecular flexibility index (Phi) is 7.12. The summed E-state index contributed by atoms with van der Waals surface area (Å²) in [7, 11) is 0. The number of ether oxygens (including phenoxy) is 1. The zero-order chi connectivity index (χ0) is 22.5. The summed E-state index contributed by atoms with van der Waals surface area (Å²) in [6, 6.07) is 11.7. The van der Waals surface area contributed by atoms with Crippen LogP contribution >= 0.6 is 0 Å². The lowest BCUT2D eigenvalue weighted by molar-refractivity contribution is -0.136. The number of carbonyl (C=O) groups excluding carboxylic acids is 2. The van der Waals surface area contributed by atoms with Gasteiger partial charge in [0.1, 0.15) is 12.3 Å². The molecule has 2 fully saturated rings.